The number of anilines is 1. The number of carbonyl (C=O) groups is 3. The molecule has 1 amide bonds. The summed E-state index contributed by atoms with van der Waals surface area (Å²) < 4.78 is 18.4. The molecule has 7 heteroatoms. The molecule has 0 aliphatic carbocycles. The number of benzene rings is 1. The number of amides is 1. The second kappa shape index (κ2) is 5.28. The molecule has 1 aliphatic heterocycles. The zero-order valence-corrected chi connectivity index (χ0v) is 10.6. The van der Waals surface area contributed by atoms with Crippen molar-refractivity contribution in [3.05, 3.63) is 29.6 Å². The van der Waals surface area contributed by atoms with E-state index in [1.54, 1.807) is 0 Å². The molecule has 2 rings (SSSR count). The molecule has 1 fully saturated rings. The molecule has 106 valence electrons. The topological polar surface area (TPSA) is 83.9 Å². The summed E-state index contributed by atoms with van der Waals surface area (Å²) in [4.78, 5) is 35.4. The average molecular weight is 281 g/mol. The zero-order valence-electron chi connectivity index (χ0n) is 10.6. The summed E-state index contributed by atoms with van der Waals surface area (Å²) in [6.45, 7) is -0.0906. The molecule has 0 aromatic heterocycles. The minimum Gasteiger partial charge on any atom is -0.478 e. The monoisotopic (exact) mass is 281 g/mol. The van der Waals surface area contributed by atoms with Crippen molar-refractivity contribution >= 4 is 23.5 Å². The second-order valence-electron chi connectivity index (χ2n) is 4.37. The number of carboxylic acids is 1. The highest BCUT2D eigenvalue weighted by Gasteiger charge is 2.38. The summed E-state index contributed by atoms with van der Waals surface area (Å²) in [6, 6.07) is 3.53. The first-order chi connectivity index (χ1) is 9.45. The van der Waals surface area contributed by atoms with E-state index in [4.69, 9.17) is 5.11 Å². The fourth-order valence-electron chi connectivity index (χ4n) is 2.21. The predicted octanol–water partition coefficient (Wildman–Crippen LogP) is 1.05. The Morgan fingerprint density at radius 3 is 2.75 bits per heavy atom. The van der Waals surface area contributed by atoms with Gasteiger partial charge in [0.05, 0.1) is 24.3 Å². The summed E-state index contributed by atoms with van der Waals surface area (Å²) in [5, 5.41) is 9.06. The number of hydrogen-bond acceptors (Lipinski definition) is 4. The van der Waals surface area contributed by atoms with Gasteiger partial charge in [0.25, 0.3) is 0 Å². The van der Waals surface area contributed by atoms with Crippen molar-refractivity contribution in [1.29, 1.82) is 0 Å². The lowest BCUT2D eigenvalue weighted by atomic mass is 10.1. The van der Waals surface area contributed by atoms with Gasteiger partial charge in [0.2, 0.25) is 5.91 Å². The summed E-state index contributed by atoms with van der Waals surface area (Å²) in [7, 11) is 1.20. The number of methoxy groups -OCH3 is 1. The molecule has 1 aromatic rings. The van der Waals surface area contributed by atoms with Crippen LogP contribution < -0.4 is 4.90 Å². The van der Waals surface area contributed by atoms with Gasteiger partial charge in [0, 0.05) is 13.0 Å². The molecule has 0 spiro atoms. The summed E-state index contributed by atoms with van der Waals surface area (Å²) in [5.41, 5.74) is -0.625. The van der Waals surface area contributed by atoms with Crippen molar-refractivity contribution < 1.29 is 28.6 Å². The first-order valence-corrected chi connectivity index (χ1v) is 5.85. The first-order valence-electron chi connectivity index (χ1n) is 5.85. The van der Waals surface area contributed by atoms with E-state index in [-0.39, 0.29) is 24.2 Å². The number of ether oxygens (including phenoxy) is 1. The smallest absolute Gasteiger partial charge is 0.337 e. The van der Waals surface area contributed by atoms with Crippen LogP contribution in [0.3, 0.4) is 0 Å². The zero-order chi connectivity index (χ0) is 14.9. The number of esters is 1. The van der Waals surface area contributed by atoms with E-state index in [0.717, 1.165) is 11.0 Å². The Morgan fingerprint density at radius 2 is 2.15 bits per heavy atom. The molecule has 1 heterocycles. The van der Waals surface area contributed by atoms with Crippen LogP contribution in [-0.4, -0.2) is 36.6 Å². The van der Waals surface area contributed by atoms with Gasteiger partial charge in [0.1, 0.15) is 5.82 Å². The molecule has 20 heavy (non-hydrogen) atoms. The predicted molar refractivity (Wildman–Crippen MR) is 65.8 cm³/mol. The quantitative estimate of drug-likeness (QED) is 0.837. The fraction of sp³-hybridized carbons (Fsp3) is 0.308. The number of halogens is 1. The lowest BCUT2D eigenvalue weighted by Crippen LogP contribution is -2.28. The van der Waals surface area contributed by atoms with Gasteiger partial charge in [-0.2, -0.15) is 0 Å². The fourth-order valence-corrected chi connectivity index (χ4v) is 2.21. The Balaban J connectivity index is 2.40. The maximum atomic E-state index is 13.9. The average Bonchev–Trinajstić information content (AvgIpc) is 2.79. The highest BCUT2D eigenvalue weighted by atomic mass is 19.1. The minimum atomic E-state index is -1.34. The van der Waals surface area contributed by atoms with Gasteiger partial charge in [-0.3, -0.25) is 9.59 Å². The normalized spacial score (nSPS) is 18.2. The van der Waals surface area contributed by atoms with E-state index in [1.807, 2.05) is 0 Å². The third-order valence-corrected chi connectivity index (χ3v) is 3.15. The van der Waals surface area contributed by atoms with Crippen molar-refractivity contribution in [2.75, 3.05) is 18.6 Å². The Hall–Kier alpha value is -2.44. The minimum absolute atomic E-state index is 0.0906. The third-order valence-electron chi connectivity index (χ3n) is 3.15. The molecule has 6 nitrogen and oxygen atoms in total. The molecule has 1 unspecified atom stereocenters. The van der Waals surface area contributed by atoms with Crippen LogP contribution in [0.4, 0.5) is 10.1 Å². The number of para-hydroxylation sites is 1. The van der Waals surface area contributed by atoms with Gasteiger partial charge in [0.15, 0.2) is 0 Å². The van der Waals surface area contributed by atoms with E-state index in [1.165, 1.54) is 19.2 Å². The lowest BCUT2D eigenvalue weighted by molar-refractivity contribution is -0.145. The van der Waals surface area contributed by atoms with Crippen LogP contribution in [0.25, 0.3) is 0 Å². The molecule has 1 aromatic carbocycles. The van der Waals surface area contributed by atoms with Gasteiger partial charge >= 0.3 is 11.9 Å². The summed E-state index contributed by atoms with van der Waals surface area (Å²) >= 11 is 0. The van der Waals surface area contributed by atoms with Crippen LogP contribution in [0.15, 0.2) is 18.2 Å². The molecule has 1 aliphatic rings. The number of hydrogen-bond donors (Lipinski definition) is 1. The van der Waals surface area contributed by atoms with Crippen molar-refractivity contribution in [1.82, 2.24) is 0 Å². The van der Waals surface area contributed by atoms with E-state index in [2.05, 4.69) is 4.74 Å². The SMILES string of the molecule is COC(=O)C1CC(=O)N(c2c(F)cccc2C(=O)O)C1. The van der Waals surface area contributed by atoms with Gasteiger partial charge < -0.3 is 14.7 Å². The van der Waals surface area contributed by atoms with Crippen LogP contribution in [0.2, 0.25) is 0 Å². The van der Waals surface area contributed by atoms with Crippen molar-refractivity contribution in [2.24, 2.45) is 5.92 Å². The van der Waals surface area contributed by atoms with Gasteiger partial charge in [-0.05, 0) is 12.1 Å². The number of nitrogens with zero attached hydrogens (tertiary/aromatic N) is 1. The molecular formula is C13H12FNO5. The van der Waals surface area contributed by atoms with Crippen LogP contribution in [0.5, 0.6) is 0 Å². The van der Waals surface area contributed by atoms with Crippen molar-refractivity contribution in [3.63, 3.8) is 0 Å². The van der Waals surface area contributed by atoms with Crippen LogP contribution in [-0.2, 0) is 14.3 Å². The molecule has 1 N–H and O–H groups in total. The number of carbonyl (C=O) groups excluding carboxylic acids is 2. The summed E-state index contributed by atoms with van der Waals surface area (Å²) in [6.07, 6.45) is -0.125. The second-order valence-corrected chi connectivity index (χ2v) is 4.37. The lowest BCUT2D eigenvalue weighted by Gasteiger charge is -2.19. The maximum Gasteiger partial charge on any atom is 0.337 e. The van der Waals surface area contributed by atoms with Gasteiger partial charge in [-0.1, -0.05) is 6.07 Å². The maximum absolute atomic E-state index is 13.9. The van der Waals surface area contributed by atoms with Gasteiger partial charge in [-0.25, -0.2) is 9.18 Å². The Kier molecular flexibility index (Phi) is 3.69. The molecule has 1 saturated heterocycles. The molecular weight excluding hydrogens is 269 g/mol. The Bertz CT molecular complexity index is 586. The van der Waals surface area contributed by atoms with E-state index in [9.17, 15) is 18.8 Å². The standard InChI is InChI=1S/C13H12FNO5/c1-20-13(19)7-5-10(16)15(6-7)11-8(12(17)18)3-2-4-9(11)14/h2-4,7H,5-6H2,1H3,(H,17,18). The molecule has 0 radical (unpaired) electrons. The Labute approximate surface area is 113 Å². The largest absolute Gasteiger partial charge is 0.478 e. The summed E-state index contributed by atoms with van der Waals surface area (Å²) in [5.74, 6) is -3.95. The number of carboxylic acid groups (broad SMARTS) is 1. The van der Waals surface area contributed by atoms with Crippen molar-refractivity contribution in [2.45, 2.75) is 6.42 Å². The molecule has 1 atom stereocenters. The van der Waals surface area contributed by atoms with E-state index >= 15 is 0 Å². The number of aromatic carboxylic acids is 1. The highest BCUT2D eigenvalue weighted by Crippen LogP contribution is 2.31. The Morgan fingerprint density at radius 1 is 1.45 bits per heavy atom. The third kappa shape index (κ3) is 2.34. The van der Waals surface area contributed by atoms with Crippen LogP contribution in [0, 0.1) is 11.7 Å². The van der Waals surface area contributed by atoms with E-state index in [0.29, 0.717) is 0 Å². The van der Waals surface area contributed by atoms with Crippen molar-refractivity contribution in [3.8, 4) is 0 Å². The van der Waals surface area contributed by atoms with Crippen LogP contribution >= 0.6 is 0 Å². The molecule has 0 saturated carbocycles. The van der Waals surface area contributed by atoms with Crippen LogP contribution in [0.1, 0.15) is 16.8 Å². The van der Waals surface area contributed by atoms with E-state index < -0.39 is 29.6 Å². The number of rotatable bonds is 3. The molecule has 0 bridgehead atoms. The highest BCUT2D eigenvalue weighted by molar-refractivity contribution is 6.05. The first kappa shape index (κ1) is 14.0. The van der Waals surface area contributed by atoms with Gasteiger partial charge in [-0.15, -0.1) is 0 Å².